The highest BCUT2D eigenvalue weighted by Gasteiger charge is 2.29. The maximum atomic E-state index is 11.9. The summed E-state index contributed by atoms with van der Waals surface area (Å²) < 4.78 is 0. The van der Waals surface area contributed by atoms with Crippen molar-refractivity contribution in [2.75, 3.05) is 10.6 Å². The largest absolute Gasteiger partial charge is 0.381 e. The monoisotopic (exact) mass is 322 g/mol. The first-order valence-corrected chi connectivity index (χ1v) is 8.66. The Morgan fingerprint density at radius 3 is 2.29 bits per heavy atom. The van der Waals surface area contributed by atoms with Gasteiger partial charge in [0.2, 0.25) is 5.91 Å². The highest BCUT2D eigenvalue weighted by molar-refractivity contribution is 5.94. The van der Waals surface area contributed by atoms with Gasteiger partial charge in [-0.3, -0.25) is 4.79 Å². The molecular formula is C21H26N2O. The first-order chi connectivity index (χ1) is 11.4. The van der Waals surface area contributed by atoms with Crippen LogP contribution < -0.4 is 10.6 Å². The van der Waals surface area contributed by atoms with Gasteiger partial charge in [-0.1, -0.05) is 23.8 Å². The lowest BCUT2D eigenvalue weighted by atomic mass is 9.99. The minimum atomic E-state index is 0.148. The van der Waals surface area contributed by atoms with Gasteiger partial charge in [0, 0.05) is 23.8 Å². The molecule has 2 aromatic carbocycles. The van der Waals surface area contributed by atoms with Gasteiger partial charge in [0.1, 0.15) is 0 Å². The molecule has 0 radical (unpaired) electrons. The molecule has 126 valence electrons. The zero-order valence-corrected chi connectivity index (χ0v) is 15.0. The second kappa shape index (κ2) is 6.68. The molecular weight excluding hydrogens is 296 g/mol. The predicted molar refractivity (Wildman–Crippen MR) is 101 cm³/mol. The molecule has 0 spiro atoms. The summed E-state index contributed by atoms with van der Waals surface area (Å²) in [6, 6.07) is 10.5. The summed E-state index contributed by atoms with van der Waals surface area (Å²) in [4.78, 5) is 11.9. The van der Waals surface area contributed by atoms with Crippen LogP contribution in [-0.2, 0) is 11.3 Å². The fourth-order valence-electron chi connectivity index (χ4n) is 3.15. The molecule has 1 aliphatic rings. The number of carbonyl (C=O) groups is 1. The molecule has 24 heavy (non-hydrogen) atoms. The van der Waals surface area contributed by atoms with E-state index in [0.29, 0.717) is 0 Å². The second-order valence-electron chi connectivity index (χ2n) is 7.02. The molecule has 0 aromatic heterocycles. The quantitative estimate of drug-likeness (QED) is 0.823. The molecule has 3 heteroatoms. The Hall–Kier alpha value is -2.29. The number of carbonyl (C=O) groups excluding carboxylic acids is 1. The van der Waals surface area contributed by atoms with Crippen LogP contribution in [0.2, 0.25) is 0 Å². The molecule has 0 heterocycles. The Morgan fingerprint density at radius 2 is 1.67 bits per heavy atom. The van der Waals surface area contributed by atoms with Crippen LogP contribution in [0.1, 0.15) is 40.7 Å². The molecule has 2 aromatic rings. The molecule has 0 saturated heterocycles. The van der Waals surface area contributed by atoms with E-state index in [1.165, 1.54) is 27.8 Å². The zero-order valence-electron chi connectivity index (χ0n) is 15.0. The third kappa shape index (κ3) is 3.78. The smallest absolute Gasteiger partial charge is 0.227 e. The van der Waals surface area contributed by atoms with Crippen molar-refractivity contribution in [2.45, 2.75) is 47.1 Å². The van der Waals surface area contributed by atoms with Crippen molar-refractivity contribution in [3.63, 3.8) is 0 Å². The standard InChI is InChI=1S/C21H26N2O/c1-13-9-15(3)19(16(4)10-13)12-22-20-11-18(8-5-14(20)2)23-21(24)17-6-7-17/h5,8-11,17,22H,6-7,12H2,1-4H3,(H,23,24). The molecule has 2 N–H and O–H groups in total. The zero-order chi connectivity index (χ0) is 17.3. The van der Waals surface area contributed by atoms with Crippen LogP contribution >= 0.6 is 0 Å². The van der Waals surface area contributed by atoms with Gasteiger partial charge in [-0.15, -0.1) is 0 Å². The molecule has 0 aliphatic heterocycles. The average Bonchev–Trinajstić information content (AvgIpc) is 3.33. The molecule has 1 aliphatic carbocycles. The van der Waals surface area contributed by atoms with Crippen molar-refractivity contribution in [1.82, 2.24) is 0 Å². The Bertz CT molecular complexity index is 752. The van der Waals surface area contributed by atoms with E-state index in [0.717, 1.165) is 30.8 Å². The van der Waals surface area contributed by atoms with Crippen LogP contribution in [0.25, 0.3) is 0 Å². The Kier molecular flexibility index (Phi) is 4.61. The van der Waals surface area contributed by atoms with Crippen LogP contribution in [0.4, 0.5) is 11.4 Å². The summed E-state index contributed by atoms with van der Waals surface area (Å²) in [7, 11) is 0. The van der Waals surface area contributed by atoms with Crippen molar-refractivity contribution in [3.8, 4) is 0 Å². The lowest BCUT2D eigenvalue weighted by Crippen LogP contribution is -2.13. The SMILES string of the molecule is Cc1cc(C)c(CNc2cc(NC(=O)C3CC3)ccc2C)c(C)c1. The van der Waals surface area contributed by atoms with Gasteiger partial charge in [0.05, 0.1) is 0 Å². The Morgan fingerprint density at radius 1 is 1.00 bits per heavy atom. The molecule has 0 atom stereocenters. The van der Waals surface area contributed by atoms with E-state index < -0.39 is 0 Å². The van der Waals surface area contributed by atoms with Gasteiger partial charge in [0.25, 0.3) is 0 Å². The van der Waals surface area contributed by atoms with Gasteiger partial charge in [-0.25, -0.2) is 0 Å². The van der Waals surface area contributed by atoms with Crippen molar-refractivity contribution in [2.24, 2.45) is 5.92 Å². The van der Waals surface area contributed by atoms with E-state index in [4.69, 9.17) is 0 Å². The van der Waals surface area contributed by atoms with Gasteiger partial charge in [-0.2, -0.15) is 0 Å². The Balaban J connectivity index is 1.73. The summed E-state index contributed by atoms with van der Waals surface area (Å²) >= 11 is 0. The molecule has 1 amide bonds. The van der Waals surface area contributed by atoms with E-state index >= 15 is 0 Å². The number of anilines is 2. The van der Waals surface area contributed by atoms with E-state index in [2.05, 4.69) is 56.5 Å². The van der Waals surface area contributed by atoms with E-state index in [1.54, 1.807) is 0 Å². The molecule has 1 fully saturated rings. The molecule has 3 nitrogen and oxygen atoms in total. The van der Waals surface area contributed by atoms with E-state index in [1.807, 2.05) is 12.1 Å². The lowest BCUT2D eigenvalue weighted by molar-refractivity contribution is -0.117. The van der Waals surface area contributed by atoms with Crippen molar-refractivity contribution in [3.05, 3.63) is 58.1 Å². The van der Waals surface area contributed by atoms with Crippen LogP contribution in [-0.4, -0.2) is 5.91 Å². The summed E-state index contributed by atoms with van der Waals surface area (Å²) in [5, 5.41) is 6.56. The van der Waals surface area contributed by atoms with Gasteiger partial charge < -0.3 is 10.6 Å². The maximum Gasteiger partial charge on any atom is 0.227 e. The first-order valence-electron chi connectivity index (χ1n) is 8.66. The summed E-state index contributed by atoms with van der Waals surface area (Å²) in [5.74, 6) is 0.371. The van der Waals surface area contributed by atoms with Crippen LogP contribution in [0.15, 0.2) is 30.3 Å². The summed E-state index contributed by atoms with van der Waals surface area (Å²) in [5.41, 5.74) is 8.40. The highest BCUT2D eigenvalue weighted by atomic mass is 16.2. The number of amides is 1. The normalized spacial score (nSPS) is 13.7. The minimum absolute atomic E-state index is 0.148. The van der Waals surface area contributed by atoms with E-state index in [9.17, 15) is 4.79 Å². The maximum absolute atomic E-state index is 11.9. The van der Waals surface area contributed by atoms with Crippen molar-refractivity contribution >= 4 is 17.3 Å². The minimum Gasteiger partial charge on any atom is -0.381 e. The third-order valence-electron chi connectivity index (χ3n) is 4.75. The third-order valence-corrected chi connectivity index (χ3v) is 4.75. The Labute approximate surface area is 144 Å². The predicted octanol–water partition coefficient (Wildman–Crippen LogP) is 4.88. The van der Waals surface area contributed by atoms with Crippen LogP contribution in [0.5, 0.6) is 0 Å². The molecule has 1 saturated carbocycles. The second-order valence-corrected chi connectivity index (χ2v) is 7.02. The van der Waals surface area contributed by atoms with Crippen LogP contribution in [0.3, 0.4) is 0 Å². The van der Waals surface area contributed by atoms with Crippen molar-refractivity contribution in [1.29, 1.82) is 0 Å². The number of aryl methyl sites for hydroxylation is 4. The summed E-state index contributed by atoms with van der Waals surface area (Å²) in [6.07, 6.45) is 2.05. The number of hydrogen-bond donors (Lipinski definition) is 2. The lowest BCUT2D eigenvalue weighted by Gasteiger charge is -2.16. The fourth-order valence-corrected chi connectivity index (χ4v) is 3.15. The molecule has 3 rings (SSSR count). The van der Waals surface area contributed by atoms with Gasteiger partial charge in [-0.05, 0) is 74.9 Å². The van der Waals surface area contributed by atoms with Gasteiger partial charge >= 0.3 is 0 Å². The first kappa shape index (κ1) is 16.6. The van der Waals surface area contributed by atoms with Gasteiger partial charge in [0.15, 0.2) is 0 Å². The van der Waals surface area contributed by atoms with Crippen molar-refractivity contribution < 1.29 is 4.79 Å². The number of nitrogens with one attached hydrogen (secondary N) is 2. The number of hydrogen-bond acceptors (Lipinski definition) is 2. The van der Waals surface area contributed by atoms with Crippen LogP contribution in [0, 0.1) is 33.6 Å². The fraction of sp³-hybridized carbons (Fsp3) is 0.381. The topological polar surface area (TPSA) is 41.1 Å². The number of benzene rings is 2. The molecule has 0 unspecified atom stereocenters. The molecule has 0 bridgehead atoms. The van der Waals surface area contributed by atoms with E-state index in [-0.39, 0.29) is 11.8 Å². The number of rotatable bonds is 5. The highest BCUT2D eigenvalue weighted by Crippen LogP contribution is 2.31. The summed E-state index contributed by atoms with van der Waals surface area (Å²) in [6.45, 7) is 9.34. The average molecular weight is 322 g/mol.